The summed E-state index contributed by atoms with van der Waals surface area (Å²) in [5, 5.41) is 14.3. The molecule has 4 aromatic rings. The van der Waals surface area contributed by atoms with Gasteiger partial charge in [0, 0.05) is 28.1 Å². The molecule has 1 aromatic heterocycles. The Bertz CT molecular complexity index is 1180. The molecule has 3 aromatic carbocycles. The SMILES string of the molecule is CC(C)Cc1nc(NCc2ccccc2Sc2ccccc2CO)c2ccccc2n1. The molecule has 158 valence electrons. The Kier molecular flexibility index (Phi) is 6.85. The van der Waals surface area contributed by atoms with Gasteiger partial charge in [0.1, 0.15) is 11.6 Å². The van der Waals surface area contributed by atoms with E-state index in [0.717, 1.165) is 44.3 Å². The number of anilines is 1. The highest BCUT2D eigenvalue weighted by Gasteiger charge is 2.11. The van der Waals surface area contributed by atoms with Gasteiger partial charge in [0.2, 0.25) is 0 Å². The molecule has 0 saturated heterocycles. The number of benzene rings is 3. The van der Waals surface area contributed by atoms with Gasteiger partial charge in [-0.1, -0.05) is 74.1 Å². The average Bonchev–Trinajstić information content (AvgIpc) is 2.78. The maximum atomic E-state index is 9.67. The summed E-state index contributed by atoms with van der Waals surface area (Å²) in [5.74, 6) is 2.24. The van der Waals surface area contributed by atoms with Crippen LogP contribution in [0.3, 0.4) is 0 Å². The standard InChI is InChI=1S/C26H27N3OS/c1-18(2)15-25-28-22-12-6-5-11-21(22)26(29-25)27-16-19-9-3-7-13-23(19)31-24-14-8-4-10-20(24)17-30/h3-14,18,30H,15-17H2,1-2H3,(H,27,28,29). The predicted molar refractivity (Wildman–Crippen MR) is 128 cm³/mol. The van der Waals surface area contributed by atoms with Crippen LogP contribution < -0.4 is 5.32 Å². The van der Waals surface area contributed by atoms with Crippen molar-refractivity contribution in [2.75, 3.05) is 5.32 Å². The predicted octanol–water partition coefficient (Wildman–Crippen LogP) is 6.08. The number of aliphatic hydroxyl groups is 1. The lowest BCUT2D eigenvalue weighted by Crippen LogP contribution is -2.08. The van der Waals surface area contributed by atoms with E-state index in [1.807, 2.05) is 42.5 Å². The zero-order chi connectivity index (χ0) is 21.6. The second-order valence-electron chi connectivity index (χ2n) is 7.93. The summed E-state index contributed by atoms with van der Waals surface area (Å²) in [4.78, 5) is 11.8. The summed E-state index contributed by atoms with van der Waals surface area (Å²) < 4.78 is 0. The molecule has 31 heavy (non-hydrogen) atoms. The highest BCUT2D eigenvalue weighted by Crippen LogP contribution is 2.33. The lowest BCUT2D eigenvalue weighted by molar-refractivity contribution is 0.279. The molecule has 0 radical (unpaired) electrons. The Morgan fingerprint density at radius 2 is 1.48 bits per heavy atom. The summed E-state index contributed by atoms with van der Waals surface area (Å²) >= 11 is 1.68. The molecule has 5 heteroatoms. The third-order valence-electron chi connectivity index (χ3n) is 5.02. The van der Waals surface area contributed by atoms with Crippen LogP contribution in [0, 0.1) is 5.92 Å². The van der Waals surface area contributed by atoms with Crippen LogP contribution in [0.4, 0.5) is 5.82 Å². The van der Waals surface area contributed by atoms with Crippen LogP contribution in [-0.2, 0) is 19.6 Å². The molecule has 0 spiro atoms. The molecule has 0 aliphatic heterocycles. The van der Waals surface area contributed by atoms with Crippen LogP contribution in [0.15, 0.2) is 82.6 Å². The van der Waals surface area contributed by atoms with E-state index < -0.39 is 0 Å². The molecule has 0 aliphatic carbocycles. The molecular weight excluding hydrogens is 402 g/mol. The third kappa shape index (κ3) is 5.24. The Balaban J connectivity index is 1.61. The lowest BCUT2D eigenvalue weighted by atomic mass is 10.1. The Morgan fingerprint density at radius 1 is 0.839 bits per heavy atom. The Hall–Kier alpha value is -2.89. The highest BCUT2D eigenvalue weighted by atomic mass is 32.2. The van der Waals surface area contributed by atoms with Gasteiger partial charge in [-0.3, -0.25) is 0 Å². The molecule has 2 N–H and O–H groups in total. The number of aromatic nitrogens is 2. The minimum absolute atomic E-state index is 0.0368. The van der Waals surface area contributed by atoms with Crippen molar-refractivity contribution in [1.82, 2.24) is 9.97 Å². The number of aliphatic hydroxyl groups excluding tert-OH is 1. The van der Waals surface area contributed by atoms with Crippen molar-refractivity contribution in [3.8, 4) is 0 Å². The zero-order valence-electron chi connectivity index (χ0n) is 17.9. The second kappa shape index (κ2) is 9.94. The molecule has 0 bridgehead atoms. The number of fused-ring (bicyclic) bond motifs is 1. The molecule has 0 amide bonds. The maximum Gasteiger partial charge on any atom is 0.137 e. The summed E-state index contributed by atoms with van der Waals surface area (Å²) in [5.41, 5.74) is 3.10. The minimum atomic E-state index is 0.0368. The van der Waals surface area contributed by atoms with Crippen molar-refractivity contribution in [3.05, 3.63) is 89.7 Å². The summed E-state index contributed by atoms with van der Waals surface area (Å²) in [6.07, 6.45) is 0.851. The lowest BCUT2D eigenvalue weighted by Gasteiger charge is -2.14. The van der Waals surface area contributed by atoms with Crippen molar-refractivity contribution in [2.24, 2.45) is 5.92 Å². The van der Waals surface area contributed by atoms with Gasteiger partial charge in [0.05, 0.1) is 12.1 Å². The van der Waals surface area contributed by atoms with E-state index in [1.165, 1.54) is 5.56 Å². The number of rotatable bonds is 8. The largest absolute Gasteiger partial charge is 0.392 e. The molecular formula is C26H27N3OS. The van der Waals surface area contributed by atoms with E-state index in [0.29, 0.717) is 12.5 Å². The van der Waals surface area contributed by atoms with Gasteiger partial charge in [0.25, 0.3) is 0 Å². The minimum Gasteiger partial charge on any atom is -0.392 e. The van der Waals surface area contributed by atoms with Gasteiger partial charge in [-0.2, -0.15) is 0 Å². The molecule has 0 saturated carbocycles. The van der Waals surface area contributed by atoms with E-state index in [4.69, 9.17) is 9.97 Å². The number of hydrogen-bond donors (Lipinski definition) is 2. The molecule has 4 rings (SSSR count). The monoisotopic (exact) mass is 429 g/mol. The average molecular weight is 430 g/mol. The normalized spacial score (nSPS) is 11.2. The number of nitrogens with zero attached hydrogens (tertiary/aromatic N) is 2. The van der Waals surface area contributed by atoms with Crippen molar-refractivity contribution in [3.63, 3.8) is 0 Å². The molecule has 1 heterocycles. The third-order valence-corrected chi connectivity index (χ3v) is 6.26. The van der Waals surface area contributed by atoms with Gasteiger partial charge < -0.3 is 10.4 Å². The van der Waals surface area contributed by atoms with Gasteiger partial charge in [-0.25, -0.2) is 9.97 Å². The number of hydrogen-bond acceptors (Lipinski definition) is 5. The number of nitrogens with one attached hydrogen (secondary N) is 1. The Morgan fingerprint density at radius 3 is 2.23 bits per heavy atom. The quantitative estimate of drug-likeness (QED) is 0.355. The molecule has 4 nitrogen and oxygen atoms in total. The Labute approximate surface area is 187 Å². The van der Waals surface area contributed by atoms with Gasteiger partial charge >= 0.3 is 0 Å². The topological polar surface area (TPSA) is 58.0 Å². The fraction of sp³-hybridized carbons (Fsp3) is 0.231. The summed E-state index contributed by atoms with van der Waals surface area (Å²) in [6, 6.07) is 24.5. The fourth-order valence-electron chi connectivity index (χ4n) is 3.50. The first-order valence-corrected chi connectivity index (χ1v) is 11.4. The van der Waals surface area contributed by atoms with Crippen LogP contribution in [-0.4, -0.2) is 15.1 Å². The van der Waals surface area contributed by atoms with Crippen LogP contribution in [0.1, 0.15) is 30.8 Å². The van der Waals surface area contributed by atoms with E-state index in [9.17, 15) is 5.11 Å². The first-order valence-electron chi connectivity index (χ1n) is 10.6. The molecule has 0 unspecified atom stereocenters. The summed E-state index contributed by atoms with van der Waals surface area (Å²) in [6.45, 7) is 5.06. The molecule has 0 fully saturated rings. The fourth-order valence-corrected chi connectivity index (χ4v) is 4.56. The van der Waals surface area contributed by atoms with Crippen LogP contribution in [0.25, 0.3) is 10.9 Å². The van der Waals surface area contributed by atoms with Gasteiger partial charge in [0.15, 0.2) is 0 Å². The zero-order valence-corrected chi connectivity index (χ0v) is 18.7. The van der Waals surface area contributed by atoms with E-state index >= 15 is 0 Å². The highest BCUT2D eigenvalue weighted by molar-refractivity contribution is 7.99. The van der Waals surface area contributed by atoms with Crippen molar-refractivity contribution in [1.29, 1.82) is 0 Å². The number of para-hydroxylation sites is 1. The second-order valence-corrected chi connectivity index (χ2v) is 9.02. The smallest absolute Gasteiger partial charge is 0.137 e. The van der Waals surface area contributed by atoms with Crippen molar-refractivity contribution >= 4 is 28.5 Å². The first-order chi connectivity index (χ1) is 15.1. The van der Waals surface area contributed by atoms with E-state index in [2.05, 4.69) is 49.5 Å². The van der Waals surface area contributed by atoms with Crippen LogP contribution in [0.2, 0.25) is 0 Å². The van der Waals surface area contributed by atoms with Crippen molar-refractivity contribution < 1.29 is 5.11 Å². The maximum absolute atomic E-state index is 9.67. The summed E-state index contributed by atoms with van der Waals surface area (Å²) in [7, 11) is 0. The molecule has 0 aliphatic rings. The molecule has 0 atom stereocenters. The van der Waals surface area contributed by atoms with Crippen molar-refractivity contribution in [2.45, 2.75) is 43.2 Å². The van der Waals surface area contributed by atoms with Gasteiger partial charge in [-0.05, 0) is 41.3 Å². The van der Waals surface area contributed by atoms with Crippen LogP contribution >= 0.6 is 11.8 Å². The van der Waals surface area contributed by atoms with Gasteiger partial charge in [-0.15, -0.1) is 0 Å². The van der Waals surface area contributed by atoms with E-state index in [-0.39, 0.29) is 6.61 Å². The van der Waals surface area contributed by atoms with Crippen LogP contribution in [0.5, 0.6) is 0 Å². The van der Waals surface area contributed by atoms with E-state index in [1.54, 1.807) is 11.8 Å². The first kappa shape index (κ1) is 21.3.